The molecule has 0 atom stereocenters. The highest BCUT2D eigenvalue weighted by atomic mass is 35.5. The fourth-order valence-corrected chi connectivity index (χ4v) is 2.04. The first kappa shape index (κ1) is 16.9. The fraction of sp³-hybridized carbons (Fsp3) is 0.500. The molecule has 0 bridgehead atoms. The lowest BCUT2D eigenvalue weighted by Crippen LogP contribution is -2.19. The van der Waals surface area contributed by atoms with Crippen molar-refractivity contribution in [3.63, 3.8) is 0 Å². The Kier molecular flexibility index (Phi) is 7.48. The van der Waals surface area contributed by atoms with E-state index in [9.17, 15) is 0 Å². The number of hydrogen-bond donors (Lipinski definition) is 1. The summed E-state index contributed by atoms with van der Waals surface area (Å²) in [7, 11) is 1.62. The lowest BCUT2D eigenvalue weighted by atomic mass is 10.1. The predicted molar refractivity (Wildman–Crippen MR) is 84.9 cm³/mol. The molecule has 0 aliphatic rings. The smallest absolute Gasteiger partial charge is 0.180 e. The zero-order valence-electron chi connectivity index (χ0n) is 12.7. The van der Waals surface area contributed by atoms with E-state index < -0.39 is 0 Å². The molecule has 0 saturated heterocycles. The largest absolute Gasteiger partial charge is 0.493 e. The summed E-state index contributed by atoms with van der Waals surface area (Å²) in [5.41, 5.74) is 1.09. The molecule has 112 valence electrons. The second kappa shape index (κ2) is 8.88. The molecule has 1 aromatic carbocycles. The average molecular weight is 298 g/mol. The second-order valence-corrected chi connectivity index (χ2v) is 5.42. The van der Waals surface area contributed by atoms with E-state index in [1.807, 2.05) is 31.2 Å². The van der Waals surface area contributed by atoms with Gasteiger partial charge in [0, 0.05) is 6.54 Å². The Morgan fingerprint density at radius 3 is 2.70 bits per heavy atom. The molecule has 0 heterocycles. The van der Waals surface area contributed by atoms with E-state index in [2.05, 4.69) is 19.2 Å². The van der Waals surface area contributed by atoms with Crippen molar-refractivity contribution in [3.8, 4) is 11.5 Å². The van der Waals surface area contributed by atoms with Gasteiger partial charge in [0.05, 0.1) is 12.1 Å². The molecular weight excluding hydrogens is 274 g/mol. The van der Waals surface area contributed by atoms with Crippen LogP contribution in [0.2, 0.25) is 5.02 Å². The number of nitrogens with one attached hydrogen (secondary N) is 1. The third-order valence-corrected chi connectivity index (χ3v) is 3.01. The lowest BCUT2D eigenvalue weighted by molar-refractivity contribution is 0.326. The van der Waals surface area contributed by atoms with E-state index in [4.69, 9.17) is 21.1 Å². The highest BCUT2D eigenvalue weighted by molar-refractivity contribution is 6.32. The summed E-state index contributed by atoms with van der Waals surface area (Å²) < 4.78 is 11.0. The summed E-state index contributed by atoms with van der Waals surface area (Å²) in [4.78, 5) is 0. The van der Waals surface area contributed by atoms with E-state index in [1.165, 1.54) is 0 Å². The maximum Gasteiger partial charge on any atom is 0.180 e. The van der Waals surface area contributed by atoms with Crippen LogP contribution in [0.3, 0.4) is 0 Å². The van der Waals surface area contributed by atoms with Crippen LogP contribution in [-0.2, 0) is 6.54 Å². The molecule has 0 fully saturated rings. The molecule has 0 unspecified atom stereocenters. The van der Waals surface area contributed by atoms with Crippen LogP contribution in [0.15, 0.2) is 24.3 Å². The SMILES string of the molecule is CC=CCOc1c(Cl)cc(CNCC(C)C)cc1OC. The monoisotopic (exact) mass is 297 g/mol. The summed E-state index contributed by atoms with van der Waals surface area (Å²) in [6.45, 7) is 8.53. The van der Waals surface area contributed by atoms with Crippen molar-refractivity contribution in [2.45, 2.75) is 27.3 Å². The van der Waals surface area contributed by atoms with Gasteiger partial charge in [-0.15, -0.1) is 0 Å². The van der Waals surface area contributed by atoms with Crippen LogP contribution < -0.4 is 14.8 Å². The Bertz CT molecular complexity index is 444. The van der Waals surface area contributed by atoms with Crippen molar-refractivity contribution in [2.24, 2.45) is 5.92 Å². The van der Waals surface area contributed by atoms with Crippen molar-refractivity contribution in [1.29, 1.82) is 0 Å². The quantitative estimate of drug-likeness (QED) is 0.734. The van der Waals surface area contributed by atoms with Crippen LogP contribution in [0.25, 0.3) is 0 Å². The van der Waals surface area contributed by atoms with Gasteiger partial charge >= 0.3 is 0 Å². The molecule has 0 aliphatic carbocycles. The van der Waals surface area contributed by atoms with Gasteiger partial charge in [0.2, 0.25) is 0 Å². The van der Waals surface area contributed by atoms with Crippen molar-refractivity contribution in [1.82, 2.24) is 5.32 Å². The van der Waals surface area contributed by atoms with Crippen LogP contribution in [-0.4, -0.2) is 20.3 Å². The number of allylic oxidation sites excluding steroid dienone is 1. The average Bonchev–Trinajstić information content (AvgIpc) is 2.40. The standard InChI is InChI=1S/C16H24ClNO2/c1-5-6-7-20-16-14(17)8-13(9-15(16)19-4)11-18-10-12(2)3/h5-6,8-9,12,18H,7,10-11H2,1-4H3. The number of hydrogen-bond acceptors (Lipinski definition) is 3. The van der Waals surface area contributed by atoms with E-state index in [1.54, 1.807) is 7.11 Å². The molecule has 0 aromatic heterocycles. The molecular formula is C16H24ClNO2. The van der Waals surface area contributed by atoms with Gasteiger partial charge in [-0.2, -0.15) is 0 Å². The van der Waals surface area contributed by atoms with Gasteiger partial charge in [0.15, 0.2) is 11.5 Å². The number of rotatable bonds is 8. The number of ether oxygens (including phenoxy) is 2. The summed E-state index contributed by atoms with van der Waals surface area (Å²) in [6, 6.07) is 3.88. The minimum atomic E-state index is 0.484. The Morgan fingerprint density at radius 1 is 1.35 bits per heavy atom. The second-order valence-electron chi connectivity index (χ2n) is 5.01. The van der Waals surface area contributed by atoms with Gasteiger partial charge in [0.1, 0.15) is 6.61 Å². The number of methoxy groups -OCH3 is 1. The molecule has 20 heavy (non-hydrogen) atoms. The van der Waals surface area contributed by atoms with Crippen molar-refractivity contribution in [3.05, 3.63) is 34.9 Å². The first-order valence-corrected chi connectivity index (χ1v) is 7.27. The van der Waals surface area contributed by atoms with E-state index >= 15 is 0 Å². The molecule has 0 aliphatic heterocycles. The molecule has 4 heteroatoms. The van der Waals surface area contributed by atoms with E-state index in [0.717, 1.165) is 18.7 Å². The maximum absolute atomic E-state index is 6.28. The highest BCUT2D eigenvalue weighted by Gasteiger charge is 2.11. The molecule has 0 saturated carbocycles. The molecule has 0 radical (unpaired) electrons. The van der Waals surface area contributed by atoms with Crippen molar-refractivity contribution >= 4 is 11.6 Å². The highest BCUT2D eigenvalue weighted by Crippen LogP contribution is 2.36. The van der Waals surface area contributed by atoms with Crippen LogP contribution in [0, 0.1) is 5.92 Å². The Morgan fingerprint density at radius 2 is 2.10 bits per heavy atom. The third-order valence-electron chi connectivity index (χ3n) is 2.73. The minimum absolute atomic E-state index is 0.484. The summed E-state index contributed by atoms with van der Waals surface area (Å²) in [6.07, 6.45) is 3.86. The van der Waals surface area contributed by atoms with Gasteiger partial charge in [0.25, 0.3) is 0 Å². The zero-order valence-corrected chi connectivity index (χ0v) is 13.5. The van der Waals surface area contributed by atoms with Crippen LogP contribution in [0.1, 0.15) is 26.3 Å². The van der Waals surface area contributed by atoms with Gasteiger partial charge < -0.3 is 14.8 Å². The fourth-order valence-electron chi connectivity index (χ4n) is 1.75. The zero-order chi connectivity index (χ0) is 15.0. The summed E-state index contributed by atoms with van der Waals surface area (Å²) >= 11 is 6.28. The number of halogens is 1. The van der Waals surface area contributed by atoms with Gasteiger partial charge in [-0.1, -0.05) is 37.6 Å². The van der Waals surface area contributed by atoms with Crippen molar-refractivity contribution < 1.29 is 9.47 Å². The third kappa shape index (κ3) is 5.43. The van der Waals surface area contributed by atoms with Crippen LogP contribution in [0.4, 0.5) is 0 Å². The van der Waals surface area contributed by atoms with Gasteiger partial charge in [-0.05, 0) is 37.1 Å². The number of benzene rings is 1. The van der Waals surface area contributed by atoms with E-state index in [-0.39, 0.29) is 0 Å². The van der Waals surface area contributed by atoms with Crippen molar-refractivity contribution in [2.75, 3.05) is 20.3 Å². The van der Waals surface area contributed by atoms with Crippen LogP contribution >= 0.6 is 11.6 Å². The molecule has 0 amide bonds. The minimum Gasteiger partial charge on any atom is -0.493 e. The Labute approximate surface area is 126 Å². The topological polar surface area (TPSA) is 30.5 Å². The predicted octanol–water partition coefficient (Wildman–Crippen LogP) is 4.05. The molecule has 1 rings (SSSR count). The van der Waals surface area contributed by atoms with Gasteiger partial charge in [-0.3, -0.25) is 0 Å². The van der Waals surface area contributed by atoms with Gasteiger partial charge in [-0.25, -0.2) is 0 Å². The first-order chi connectivity index (χ1) is 9.58. The Hall–Kier alpha value is -1.19. The first-order valence-electron chi connectivity index (χ1n) is 6.89. The van der Waals surface area contributed by atoms with Crippen LogP contribution in [0.5, 0.6) is 11.5 Å². The van der Waals surface area contributed by atoms with E-state index in [0.29, 0.717) is 29.0 Å². The summed E-state index contributed by atoms with van der Waals surface area (Å²) in [5, 5.41) is 3.96. The summed E-state index contributed by atoms with van der Waals surface area (Å²) in [5.74, 6) is 1.89. The molecule has 1 aromatic rings. The molecule has 0 spiro atoms. The maximum atomic E-state index is 6.28. The normalized spacial score (nSPS) is 11.3. The molecule has 1 N–H and O–H groups in total. The Balaban J connectivity index is 2.78. The lowest BCUT2D eigenvalue weighted by Gasteiger charge is -2.14. The molecule has 3 nitrogen and oxygen atoms in total.